The third-order valence-electron chi connectivity index (χ3n) is 5.11. The Morgan fingerprint density at radius 1 is 1.14 bits per heavy atom. The highest BCUT2D eigenvalue weighted by atomic mass is 19.1. The van der Waals surface area contributed by atoms with E-state index in [0.29, 0.717) is 23.3 Å². The second-order valence-electron chi connectivity index (χ2n) is 6.92. The van der Waals surface area contributed by atoms with Gasteiger partial charge in [-0.3, -0.25) is 14.5 Å². The Morgan fingerprint density at radius 3 is 2.62 bits per heavy atom. The van der Waals surface area contributed by atoms with Crippen LogP contribution in [0, 0.1) is 5.82 Å². The number of halogens is 1. The van der Waals surface area contributed by atoms with Crippen molar-refractivity contribution in [1.82, 2.24) is 25.2 Å². The minimum atomic E-state index is -0.427. The summed E-state index contributed by atoms with van der Waals surface area (Å²) in [5, 5.41) is 2.55. The Labute approximate surface area is 166 Å². The number of pyridine rings is 1. The number of anilines is 1. The number of aromatic nitrogens is 3. The molecule has 8 nitrogen and oxygen atoms in total. The van der Waals surface area contributed by atoms with Crippen LogP contribution in [0.1, 0.15) is 16.1 Å². The maximum atomic E-state index is 14.8. The molecular weight excluding hydrogens is 375 g/mol. The van der Waals surface area contributed by atoms with E-state index >= 15 is 0 Å². The zero-order valence-electron chi connectivity index (χ0n) is 16.0. The van der Waals surface area contributed by atoms with Crippen LogP contribution in [0.25, 0.3) is 11.0 Å². The number of carbonyl (C=O) groups is 1. The number of benzene rings is 1. The summed E-state index contributed by atoms with van der Waals surface area (Å²) in [7, 11) is 1.57. The van der Waals surface area contributed by atoms with E-state index in [4.69, 9.17) is 0 Å². The monoisotopic (exact) mass is 396 g/mol. The molecule has 2 N–H and O–H groups in total. The minimum absolute atomic E-state index is 0.149. The van der Waals surface area contributed by atoms with Gasteiger partial charge in [-0.2, -0.15) is 0 Å². The van der Waals surface area contributed by atoms with E-state index in [1.165, 1.54) is 0 Å². The van der Waals surface area contributed by atoms with Gasteiger partial charge in [0.1, 0.15) is 11.2 Å². The van der Waals surface area contributed by atoms with E-state index in [0.717, 1.165) is 38.1 Å². The molecule has 0 radical (unpaired) electrons. The average Bonchev–Trinajstić information content (AvgIpc) is 2.76. The number of nitrogens with zero attached hydrogens (tertiary/aromatic N) is 4. The second-order valence-corrected chi connectivity index (χ2v) is 6.92. The fraction of sp³-hybridized carbons (Fsp3) is 0.300. The van der Waals surface area contributed by atoms with Gasteiger partial charge in [-0.05, 0) is 18.2 Å². The van der Waals surface area contributed by atoms with Crippen molar-refractivity contribution in [2.45, 2.75) is 6.54 Å². The normalized spacial score (nSPS) is 14.9. The maximum Gasteiger partial charge on any atom is 0.269 e. The number of nitrogens with one attached hydrogen (secondary N) is 2. The molecule has 2 aromatic heterocycles. The van der Waals surface area contributed by atoms with Gasteiger partial charge in [0.25, 0.3) is 11.5 Å². The Balaban J connectivity index is 1.41. The van der Waals surface area contributed by atoms with Crippen LogP contribution in [0.4, 0.5) is 10.1 Å². The molecule has 1 aliphatic rings. The van der Waals surface area contributed by atoms with Crippen molar-refractivity contribution < 1.29 is 9.18 Å². The number of piperazine rings is 1. The molecule has 9 heteroatoms. The molecule has 3 aromatic rings. The van der Waals surface area contributed by atoms with E-state index in [-0.39, 0.29) is 11.4 Å². The van der Waals surface area contributed by atoms with Crippen molar-refractivity contribution in [2.24, 2.45) is 0 Å². The first-order valence-electron chi connectivity index (χ1n) is 9.37. The van der Waals surface area contributed by atoms with Crippen LogP contribution in [0.3, 0.4) is 0 Å². The molecule has 0 bridgehead atoms. The van der Waals surface area contributed by atoms with Gasteiger partial charge in [0.05, 0.1) is 23.6 Å². The van der Waals surface area contributed by atoms with Gasteiger partial charge < -0.3 is 15.2 Å². The maximum absolute atomic E-state index is 14.8. The number of hydrogen-bond donors (Lipinski definition) is 2. The number of aromatic amines is 1. The Bertz CT molecular complexity index is 1090. The molecule has 0 unspecified atom stereocenters. The van der Waals surface area contributed by atoms with E-state index in [1.54, 1.807) is 31.4 Å². The van der Waals surface area contributed by atoms with Crippen molar-refractivity contribution in [2.75, 3.05) is 38.1 Å². The van der Waals surface area contributed by atoms with Crippen LogP contribution in [-0.4, -0.2) is 59.0 Å². The van der Waals surface area contributed by atoms with Crippen LogP contribution in [0.2, 0.25) is 0 Å². The summed E-state index contributed by atoms with van der Waals surface area (Å²) in [6.07, 6.45) is 2.85. The first-order chi connectivity index (χ1) is 14.0. The lowest BCUT2D eigenvalue weighted by Gasteiger charge is -2.36. The van der Waals surface area contributed by atoms with Gasteiger partial charge in [0.2, 0.25) is 0 Å². The van der Waals surface area contributed by atoms with Crippen molar-refractivity contribution in [3.63, 3.8) is 0 Å². The molecule has 1 aromatic carbocycles. The Morgan fingerprint density at radius 2 is 1.93 bits per heavy atom. The summed E-state index contributed by atoms with van der Waals surface area (Å²) in [5.41, 5.74) is 2.04. The van der Waals surface area contributed by atoms with Crippen molar-refractivity contribution in [1.29, 1.82) is 0 Å². The first-order valence-corrected chi connectivity index (χ1v) is 9.37. The summed E-state index contributed by atoms with van der Waals surface area (Å²) in [5.74, 6) is -0.639. The molecule has 1 amide bonds. The number of H-pyrrole nitrogens is 1. The standard InChI is InChI=1S/C20H21FN6O2/c1-22-20(29)16-5-3-14(10-23-16)27-8-6-26(7-9-27)12-13-2-4-15-19(18(13)21)25-17(28)11-24-15/h2-5,10-11H,6-9,12H2,1H3,(H,22,29)(H,25,28). The highest BCUT2D eigenvalue weighted by molar-refractivity contribution is 5.92. The predicted octanol–water partition coefficient (Wildman–Crippen LogP) is 1.14. The number of amides is 1. The van der Waals surface area contributed by atoms with Crippen LogP contribution in [0.5, 0.6) is 0 Å². The Kier molecular flexibility index (Phi) is 5.22. The van der Waals surface area contributed by atoms with Gasteiger partial charge >= 0.3 is 0 Å². The fourth-order valence-electron chi connectivity index (χ4n) is 3.48. The summed E-state index contributed by atoms with van der Waals surface area (Å²) >= 11 is 0. The summed E-state index contributed by atoms with van der Waals surface area (Å²) < 4.78 is 14.8. The van der Waals surface area contributed by atoms with Crippen LogP contribution >= 0.6 is 0 Å². The topological polar surface area (TPSA) is 94.2 Å². The van der Waals surface area contributed by atoms with Crippen molar-refractivity contribution >= 4 is 22.6 Å². The van der Waals surface area contributed by atoms with Crippen LogP contribution < -0.4 is 15.8 Å². The minimum Gasteiger partial charge on any atom is -0.368 e. The first kappa shape index (κ1) is 19.0. The number of fused-ring (bicyclic) bond motifs is 1. The SMILES string of the molecule is CNC(=O)c1ccc(N2CCN(Cc3ccc4ncc(=O)[nH]c4c3F)CC2)cn1. The Hall–Kier alpha value is -3.33. The molecule has 3 heterocycles. The molecule has 1 fully saturated rings. The fourth-order valence-corrected chi connectivity index (χ4v) is 3.48. The van der Waals surface area contributed by atoms with Gasteiger partial charge in [0, 0.05) is 45.3 Å². The van der Waals surface area contributed by atoms with Gasteiger partial charge in [0.15, 0.2) is 5.82 Å². The molecule has 0 atom stereocenters. The lowest BCUT2D eigenvalue weighted by molar-refractivity contribution is 0.0958. The van der Waals surface area contributed by atoms with Gasteiger partial charge in [-0.1, -0.05) is 6.07 Å². The van der Waals surface area contributed by atoms with E-state index < -0.39 is 11.4 Å². The van der Waals surface area contributed by atoms with E-state index in [2.05, 4.69) is 30.1 Å². The highest BCUT2D eigenvalue weighted by Gasteiger charge is 2.20. The number of hydrogen-bond acceptors (Lipinski definition) is 6. The quantitative estimate of drug-likeness (QED) is 0.687. The molecule has 0 spiro atoms. The molecule has 0 saturated carbocycles. The summed E-state index contributed by atoms with van der Waals surface area (Å²) in [6.45, 7) is 3.53. The second kappa shape index (κ2) is 7.96. The molecule has 4 rings (SSSR count). The van der Waals surface area contributed by atoms with Gasteiger partial charge in [-0.25, -0.2) is 14.4 Å². The zero-order valence-corrected chi connectivity index (χ0v) is 16.0. The smallest absolute Gasteiger partial charge is 0.269 e. The zero-order chi connectivity index (χ0) is 20.4. The number of rotatable bonds is 4. The van der Waals surface area contributed by atoms with Gasteiger partial charge in [-0.15, -0.1) is 0 Å². The third kappa shape index (κ3) is 3.95. The highest BCUT2D eigenvalue weighted by Crippen LogP contribution is 2.20. The molecule has 1 saturated heterocycles. The molecule has 1 aliphatic heterocycles. The van der Waals surface area contributed by atoms with E-state index in [1.807, 2.05) is 6.07 Å². The predicted molar refractivity (Wildman–Crippen MR) is 107 cm³/mol. The molecule has 150 valence electrons. The van der Waals surface area contributed by atoms with Crippen LogP contribution in [0.15, 0.2) is 41.5 Å². The lowest BCUT2D eigenvalue weighted by Crippen LogP contribution is -2.46. The summed E-state index contributed by atoms with van der Waals surface area (Å²) in [6, 6.07) is 7.04. The molecule has 0 aliphatic carbocycles. The largest absolute Gasteiger partial charge is 0.368 e. The number of carbonyl (C=O) groups excluding carboxylic acids is 1. The lowest BCUT2D eigenvalue weighted by atomic mass is 10.1. The van der Waals surface area contributed by atoms with Crippen molar-refractivity contribution in [3.05, 3.63) is 64.1 Å². The van der Waals surface area contributed by atoms with Crippen LogP contribution in [-0.2, 0) is 6.54 Å². The summed E-state index contributed by atoms with van der Waals surface area (Å²) in [4.78, 5) is 38.1. The molecular formula is C20H21FN6O2. The van der Waals surface area contributed by atoms with E-state index in [9.17, 15) is 14.0 Å². The average molecular weight is 396 g/mol. The van der Waals surface area contributed by atoms with Crippen molar-refractivity contribution in [3.8, 4) is 0 Å². The molecule has 29 heavy (non-hydrogen) atoms. The third-order valence-corrected chi connectivity index (χ3v) is 5.11.